The number of nitrogens with two attached hydrogens (primary N) is 1. The molecule has 1 rings (SSSR count). The Hall–Kier alpha value is -1.33. The van der Waals surface area contributed by atoms with E-state index >= 15 is 0 Å². The van der Waals surface area contributed by atoms with Crippen LogP contribution >= 0.6 is 0 Å². The van der Waals surface area contributed by atoms with Crippen LogP contribution in [0.4, 0.5) is 0 Å². The summed E-state index contributed by atoms with van der Waals surface area (Å²) >= 11 is 0. The van der Waals surface area contributed by atoms with Gasteiger partial charge in [0.2, 0.25) is 0 Å². The third-order valence-corrected chi connectivity index (χ3v) is 3.45. The number of rotatable bonds is 7. The van der Waals surface area contributed by atoms with Crippen molar-refractivity contribution >= 4 is 5.97 Å². The molecule has 0 bridgehead atoms. The Bertz CT molecular complexity index is 379. The Labute approximate surface area is 128 Å². The highest BCUT2D eigenvalue weighted by atomic mass is 16.5. The number of piperazine rings is 1. The molecule has 0 aromatic heterocycles. The van der Waals surface area contributed by atoms with Crippen molar-refractivity contribution in [2.75, 3.05) is 45.9 Å². The van der Waals surface area contributed by atoms with E-state index in [2.05, 4.69) is 30.2 Å². The molecule has 0 aliphatic carbocycles. The maximum atomic E-state index is 11.5. The number of esters is 1. The number of ether oxygens (including phenoxy) is 1. The topological polar surface area (TPSA) is 58.8 Å². The fourth-order valence-electron chi connectivity index (χ4n) is 2.46. The maximum Gasteiger partial charge on any atom is 0.332 e. The van der Waals surface area contributed by atoms with E-state index in [0.717, 1.165) is 39.3 Å². The molecule has 1 heterocycles. The number of allylic oxidation sites excluding steroid dienone is 1. The second kappa shape index (κ2) is 8.20. The van der Waals surface area contributed by atoms with Crippen LogP contribution in [0.3, 0.4) is 0 Å². The number of hydrogen-bond donors (Lipinski definition) is 1. The van der Waals surface area contributed by atoms with Crippen LogP contribution in [0, 0.1) is 5.41 Å². The quantitative estimate of drug-likeness (QED) is 0.435. The number of nitrogens with zero attached hydrogens (tertiary/aromatic N) is 2. The first-order valence-corrected chi connectivity index (χ1v) is 7.48. The molecule has 1 fully saturated rings. The van der Waals surface area contributed by atoms with Gasteiger partial charge >= 0.3 is 5.97 Å². The van der Waals surface area contributed by atoms with Gasteiger partial charge in [-0.15, -0.1) is 6.58 Å². The minimum Gasteiger partial charge on any atom is -0.462 e. The predicted molar refractivity (Wildman–Crippen MR) is 85.8 cm³/mol. The van der Waals surface area contributed by atoms with Crippen LogP contribution in [0.1, 0.15) is 20.8 Å². The van der Waals surface area contributed by atoms with E-state index in [0.29, 0.717) is 12.3 Å². The molecule has 0 amide bonds. The lowest BCUT2D eigenvalue weighted by molar-refractivity contribution is -0.141. The van der Waals surface area contributed by atoms with Crippen molar-refractivity contribution in [3.63, 3.8) is 0 Å². The van der Waals surface area contributed by atoms with Gasteiger partial charge in [0.15, 0.2) is 0 Å². The lowest BCUT2D eigenvalue weighted by Crippen LogP contribution is -2.49. The molecule has 0 aromatic rings. The molecule has 0 saturated carbocycles. The Kier molecular flexibility index (Phi) is 6.92. The zero-order valence-corrected chi connectivity index (χ0v) is 13.6. The third-order valence-electron chi connectivity index (χ3n) is 3.45. The Morgan fingerprint density at radius 3 is 2.38 bits per heavy atom. The Balaban J connectivity index is 2.34. The van der Waals surface area contributed by atoms with Gasteiger partial charge in [-0.25, -0.2) is 4.79 Å². The van der Waals surface area contributed by atoms with Crippen LogP contribution in [0.2, 0.25) is 0 Å². The van der Waals surface area contributed by atoms with Gasteiger partial charge < -0.3 is 15.4 Å². The van der Waals surface area contributed by atoms with E-state index < -0.39 is 0 Å². The van der Waals surface area contributed by atoms with Crippen molar-refractivity contribution in [2.24, 2.45) is 11.1 Å². The van der Waals surface area contributed by atoms with Crippen molar-refractivity contribution in [2.45, 2.75) is 20.8 Å². The van der Waals surface area contributed by atoms with Crippen LogP contribution in [0.5, 0.6) is 0 Å². The van der Waals surface area contributed by atoms with Crippen molar-refractivity contribution < 1.29 is 9.53 Å². The second-order valence-electron chi connectivity index (χ2n) is 6.53. The molecule has 5 nitrogen and oxygen atoms in total. The van der Waals surface area contributed by atoms with Crippen LogP contribution < -0.4 is 5.73 Å². The van der Waals surface area contributed by atoms with Crippen LogP contribution in [-0.4, -0.2) is 61.6 Å². The Morgan fingerprint density at radius 1 is 1.29 bits per heavy atom. The lowest BCUT2D eigenvalue weighted by atomic mass is 9.93. The fraction of sp³-hybridized carbons (Fsp3) is 0.688. The van der Waals surface area contributed by atoms with E-state index in [9.17, 15) is 4.79 Å². The predicted octanol–water partition coefficient (Wildman–Crippen LogP) is 1.22. The van der Waals surface area contributed by atoms with Crippen LogP contribution in [-0.2, 0) is 9.53 Å². The van der Waals surface area contributed by atoms with Gasteiger partial charge in [0.05, 0.1) is 6.61 Å². The minimum atomic E-state index is -0.362. The molecule has 21 heavy (non-hydrogen) atoms. The van der Waals surface area contributed by atoms with Crippen molar-refractivity contribution in [1.82, 2.24) is 9.80 Å². The summed E-state index contributed by atoms with van der Waals surface area (Å²) < 4.78 is 5.27. The van der Waals surface area contributed by atoms with E-state index in [1.807, 2.05) is 6.08 Å². The van der Waals surface area contributed by atoms with Crippen molar-refractivity contribution in [3.8, 4) is 0 Å². The van der Waals surface area contributed by atoms with Crippen molar-refractivity contribution in [1.29, 1.82) is 0 Å². The average Bonchev–Trinajstić information content (AvgIpc) is 2.38. The summed E-state index contributed by atoms with van der Waals surface area (Å²) in [5.74, 6) is -0.362. The molecular weight excluding hydrogens is 266 g/mol. The van der Waals surface area contributed by atoms with Gasteiger partial charge in [0, 0.05) is 56.5 Å². The molecule has 0 unspecified atom stereocenters. The molecule has 0 radical (unpaired) electrons. The third kappa shape index (κ3) is 7.29. The van der Waals surface area contributed by atoms with Gasteiger partial charge in [0.25, 0.3) is 0 Å². The second-order valence-corrected chi connectivity index (χ2v) is 6.53. The Morgan fingerprint density at radius 2 is 1.86 bits per heavy atom. The van der Waals surface area contributed by atoms with Gasteiger partial charge in [0.1, 0.15) is 0 Å². The zero-order chi connectivity index (χ0) is 15.9. The van der Waals surface area contributed by atoms with Crippen LogP contribution in [0.25, 0.3) is 0 Å². The number of hydrogen-bond acceptors (Lipinski definition) is 5. The number of carbonyl (C=O) groups is 1. The normalized spacial score (nSPS) is 18.5. The smallest absolute Gasteiger partial charge is 0.332 e. The molecule has 1 aliphatic heterocycles. The zero-order valence-electron chi connectivity index (χ0n) is 13.6. The van der Waals surface area contributed by atoms with E-state index in [1.54, 1.807) is 6.92 Å². The first-order chi connectivity index (χ1) is 9.82. The lowest BCUT2D eigenvalue weighted by Gasteiger charge is -2.38. The monoisotopic (exact) mass is 295 g/mol. The fourth-order valence-corrected chi connectivity index (χ4v) is 2.46. The van der Waals surface area contributed by atoms with E-state index in [-0.39, 0.29) is 11.4 Å². The summed E-state index contributed by atoms with van der Waals surface area (Å²) in [6, 6.07) is 0. The largest absolute Gasteiger partial charge is 0.462 e. The van der Waals surface area contributed by atoms with Gasteiger partial charge in [-0.2, -0.15) is 0 Å². The van der Waals surface area contributed by atoms with Gasteiger partial charge in [-0.1, -0.05) is 19.9 Å². The highest BCUT2D eigenvalue weighted by molar-refractivity contribution is 5.82. The molecule has 0 spiro atoms. The summed E-state index contributed by atoms with van der Waals surface area (Å²) in [4.78, 5) is 16.3. The first kappa shape index (κ1) is 17.7. The summed E-state index contributed by atoms with van der Waals surface area (Å²) in [7, 11) is 0. The first-order valence-electron chi connectivity index (χ1n) is 7.48. The summed E-state index contributed by atoms with van der Waals surface area (Å²) in [5, 5.41) is 0. The van der Waals surface area contributed by atoms with E-state index in [1.165, 1.54) is 6.08 Å². The van der Waals surface area contributed by atoms with Gasteiger partial charge in [-0.3, -0.25) is 4.90 Å². The van der Waals surface area contributed by atoms with Crippen LogP contribution in [0.15, 0.2) is 24.4 Å². The molecule has 0 atom stereocenters. The molecule has 120 valence electrons. The molecule has 1 aliphatic rings. The average molecular weight is 295 g/mol. The summed E-state index contributed by atoms with van der Waals surface area (Å²) in [5.41, 5.74) is 5.87. The summed E-state index contributed by atoms with van der Waals surface area (Å²) in [6.07, 6.45) is 3.27. The summed E-state index contributed by atoms with van der Waals surface area (Å²) in [6.45, 7) is 16.2. The highest BCUT2D eigenvalue weighted by Crippen LogP contribution is 2.19. The SMILES string of the molecule is C=CCN1CCN(CC(C)(C)COC(=O)/C=C(/C)N)CC1. The highest BCUT2D eigenvalue weighted by Gasteiger charge is 2.25. The van der Waals surface area contributed by atoms with E-state index in [4.69, 9.17) is 10.5 Å². The maximum absolute atomic E-state index is 11.5. The van der Waals surface area contributed by atoms with Crippen molar-refractivity contribution in [3.05, 3.63) is 24.4 Å². The molecule has 2 N–H and O–H groups in total. The minimum absolute atomic E-state index is 0.0629. The molecule has 0 aromatic carbocycles. The molecule has 1 saturated heterocycles. The standard InChI is InChI=1S/C16H29N3O2/c1-5-6-18-7-9-19(10-8-18)12-16(3,4)13-21-15(20)11-14(2)17/h5,11H,1,6-10,12-13,17H2,2-4H3/b14-11-. The number of carbonyl (C=O) groups excluding carboxylic acids is 1. The van der Waals surface area contributed by atoms with Gasteiger partial charge in [-0.05, 0) is 6.92 Å². The molecular formula is C16H29N3O2. The molecule has 5 heteroatoms.